The summed E-state index contributed by atoms with van der Waals surface area (Å²) in [4.78, 5) is 24.2. The Morgan fingerprint density at radius 2 is 2.14 bits per heavy atom. The van der Waals surface area contributed by atoms with E-state index in [1.54, 1.807) is 0 Å². The third-order valence-electron chi connectivity index (χ3n) is 2.75. The molecule has 2 saturated heterocycles. The van der Waals surface area contributed by atoms with Crippen LogP contribution in [0.2, 0.25) is 0 Å². The molecule has 2 N–H and O–H groups in total. The molecule has 2 heterocycles. The fourth-order valence-corrected chi connectivity index (χ4v) is 2.02. The van der Waals surface area contributed by atoms with Crippen LogP contribution in [0.5, 0.6) is 0 Å². The Morgan fingerprint density at radius 3 is 2.71 bits per heavy atom. The lowest BCUT2D eigenvalue weighted by atomic mass is 10.0. The van der Waals surface area contributed by atoms with Gasteiger partial charge < -0.3 is 4.90 Å². The number of hydrogen-bond donors (Lipinski definition) is 2. The molecule has 2 aliphatic rings. The van der Waals surface area contributed by atoms with Crippen molar-refractivity contribution >= 4 is 17.6 Å². The van der Waals surface area contributed by atoms with Crippen LogP contribution in [0.4, 0.5) is 0 Å². The number of rotatable bonds is 1. The van der Waals surface area contributed by atoms with Gasteiger partial charge in [-0.1, -0.05) is 0 Å². The topological polar surface area (TPSA) is 73.3 Å². The predicted molar refractivity (Wildman–Crippen MR) is 49.8 cm³/mol. The molecule has 0 spiro atoms. The van der Waals surface area contributed by atoms with Gasteiger partial charge in [-0.05, 0) is 12.8 Å². The maximum atomic E-state index is 11.5. The second-order valence-electron chi connectivity index (χ2n) is 3.71. The zero-order valence-corrected chi connectivity index (χ0v) is 7.88. The summed E-state index contributed by atoms with van der Waals surface area (Å²) < 4.78 is 0. The van der Waals surface area contributed by atoms with E-state index >= 15 is 0 Å². The maximum absolute atomic E-state index is 11.5. The van der Waals surface area contributed by atoms with E-state index in [2.05, 4.69) is 5.32 Å². The van der Waals surface area contributed by atoms with Gasteiger partial charge in [-0.25, -0.2) is 0 Å². The highest BCUT2D eigenvalue weighted by Gasteiger charge is 2.34. The van der Waals surface area contributed by atoms with Crippen molar-refractivity contribution < 1.29 is 9.59 Å². The Balaban J connectivity index is 2.07. The van der Waals surface area contributed by atoms with Crippen LogP contribution in [0.25, 0.3) is 0 Å². The number of nitrogens with one attached hydrogen (secondary N) is 2. The molecule has 0 aliphatic carbocycles. The average molecular weight is 195 g/mol. The number of amidine groups is 1. The Bertz CT molecular complexity index is 300. The molecule has 14 heavy (non-hydrogen) atoms. The van der Waals surface area contributed by atoms with Crippen LogP contribution < -0.4 is 5.32 Å². The average Bonchev–Trinajstić information content (AvgIpc) is 2.52. The number of nitrogens with zero attached hydrogens (tertiary/aromatic N) is 1. The highest BCUT2D eigenvalue weighted by atomic mass is 16.2. The standard InChI is InChI=1S/C9H13N3O2/c10-7-2-1-5-12(7)6-3-4-8(13)11-9(6)14/h6,10H,1-5H2,(H,11,13,14). The van der Waals surface area contributed by atoms with Crippen molar-refractivity contribution in [3.63, 3.8) is 0 Å². The zero-order chi connectivity index (χ0) is 10.1. The molecule has 76 valence electrons. The highest BCUT2D eigenvalue weighted by molar-refractivity contribution is 6.02. The number of imide groups is 1. The van der Waals surface area contributed by atoms with Crippen molar-refractivity contribution in [1.29, 1.82) is 5.41 Å². The quantitative estimate of drug-likeness (QED) is 0.572. The summed E-state index contributed by atoms with van der Waals surface area (Å²) in [5, 5.41) is 9.95. The Labute approximate surface area is 82.0 Å². The molecule has 0 saturated carbocycles. The van der Waals surface area contributed by atoms with Gasteiger partial charge in [0.05, 0.1) is 5.84 Å². The van der Waals surface area contributed by atoms with E-state index in [4.69, 9.17) is 5.41 Å². The minimum absolute atomic E-state index is 0.197. The van der Waals surface area contributed by atoms with Crippen molar-refractivity contribution in [3.05, 3.63) is 0 Å². The lowest BCUT2D eigenvalue weighted by Crippen LogP contribution is -2.52. The molecule has 2 amide bonds. The molecule has 1 atom stereocenters. The van der Waals surface area contributed by atoms with Gasteiger partial charge in [0, 0.05) is 19.4 Å². The summed E-state index contributed by atoms with van der Waals surface area (Å²) in [7, 11) is 0. The molecule has 0 aromatic heterocycles. The van der Waals surface area contributed by atoms with Gasteiger partial charge in [0.1, 0.15) is 6.04 Å². The van der Waals surface area contributed by atoms with Crippen molar-refractivity contribution in [1.82, 2.24) is 10.2 Å². The van der Waals surface area contributed by atoms with Gasteiger partial charge in [-0.2, -0.15) is 0 Å². The van der Waals surface area contributed by atoms with E-state index < -0.39 is 0 Å². The highest BCUT2D eigenvalue weighted by Crippen LogP contribution is 2.19. The molecular formula is C9H13N3O2. The second kappa shape index (κ2) is 3.40. The van der Waals surface area contributed by atoms with E-state index in [0.29, 0.717) is 18.7 Å². The minimum atomic E-state index is -0.289. The van der Waals surface area contributed by atoms with Gasteiger partial charge >= 0.3 is 0 Å². The minimum Gasteiger partial charge on any atom is -0.348 e. The third kappa shape index (κ3) is 1.49. The van der Waals surface area contributed by atoms with Gasteiger partial charge in [0.25, 0.3) is 0 Å². The third-order valence-corrected chi connectivity index (χ3v) is 2.75. The molecule has 1 unspecified atom stereocenters. The lowest BCUT2D eigenvalue weighted by molar-refractivity contribution is -0.136. The first-order valence-corrected chi connectivity index (χ1v) is 4.86. The fraction of sp³-hybridized carbons (Fsp3) is 0.667. The lowest BCUT2D eigenvalue weighted by Gasteiger charge is -2.30. The predicted octanol–water partition coefficient (Wildman–Crippen LogP) is -0.135. The molecular weight excluding hydrogens is 182 g/mol. The zero-order valence-electron chi connectivity index (χ0n) is 7.88. The molecule has 2 fully saturated rings. The Hall–Kier alpha value is -1.39. The molecule has 5 heteroatoms. The van der Waals surface area contributed by atoms with Crippen LogP contribution in [0.15, 0.2) is 0 Å². The van der Waals surface area contributed by atoms with Crippen LogP contribution in [0.1, 0.15) is 25.7 Å². The van der Waals surface area contributed by atoms with E-state index in [0.717, 1.165) is 19.4 Å². The summed E-state index contributed by atoms with van der Waals surface area (Å²) in [5.41, 5.74) is 0. The van der Waals surface area contributed by atoms with Crippen molar-refractivity contribution in [2.24, 2.45) is 0 Å². The van der Waals surface area contributed by atoms with E-state index in [9.17, 15) is 9.59 Å². The van der Waals surface area contributed by atoms with Gasteiger partial charge in [0.15, 0.2) is 0 Å². The van der Waals surface area contributed by atoms with Crippen LogP contribution in [0.3, 0.4) is 0 Å². The molecule has 0 aromatic rings. The molecule has 2 rings (SSSR count). The normalized spacial score (nSPS) is 28.1. The SMILES string of the molecule is N=C1CCCN1C1CCC(=O)NC1=O. The second-order valence-corrected chi connectivity index (χ2v) is 3.71. The Morgan fingerprint density at radius 1 is 1.36 bits per heavy atom. The first kappa shape index (κ1) is 9.18. The molecule has 5 nitrogen and oxygen atoms in total. The maximum Gasteiger partial charge on any atom is 0.249 e. The van der Waals surface area contributed by atoms with Crippen LogP contribution in [-0.4, -0.2) is 35.1 Å². The van der Waals surface area contributed by atoms with Crippen molar-refractivity contribution in [3.8, 4) is 0 Å². The number of hydrogen-bond acceptors (Lipinski definition) is 3. The number of likely N-dealkylation sites (tertiary alicyclic amines) is 1. The summed E-state index contributed by atoms with van der Waals surface area (Å²) in [6, 6.07) is -0.289. The first-order valence-electron chi connectivity index (χ1n) is 4.86. The van der Waals surface area contributed by atoms with Gasteiger partial charge in [-0.15, -0.1) is 0 Å². The summed E-state index contributed by atoms with van der Waals surface area (Å²) >= 11 is 0. The molecule has 0 bridgehead atoms. The van der Waals surface area contributed by atoms with Crippen molar-refractivity contribution in [2.45, 2.75) is 31.7 Å². The van der Waals surface area contributed by atoms with E-state index in [1.807, 2.05) is 4.90 Å². The monoisotopic (exact) mass is 195 g/mol. The van der Waals surface area contributed by atoms with Gasteiger partial charge in [-0.3, -0.25) is 20.3 Å². The fourth-order valence-electron chi connectivity index (χ4n) is 2.02. The molecule has 0 aromatic carbocycles. The summed E-state index contributed by atoms with van der Waals surface area (Å²) in [6.45, 7) is 0.769. The van der Waals surface area contributed by atoms with E-state index in [1.165, 1.54) is 0 Å². The van der Waals surface area contributed by atoms with Crippen LogP contribution in [0, 0.1) is 5.41 Å². The summed E-state index contributed by atoms with van der Waals surface area (Å²) in [6.07, 6.45) is 2.63. The molecule has 0 radical (unpaired) electrons. The first-order chi connectivity index (χ1) is 6.68. The van der Waals surface area contributed by atoms with Gasteiger partial charge in [0.2, 0.25) is 11.8 Å². The smallest absolute Gasteiger partial charge is 0.249 e. The largest absolute Gasteiger partial charge is 0.348 e. The molecule has 2 aliphatic heterocycles. The number of carbonyl (C=O) groups excluding carboxylic acids is 2. The van der Waals surface area contributed by atoms with E-state index in [-0.39, 0.29) is 17.9 Å². The summed E-state index contributed by atoms with van der Waals surface area (Å²) in [5.74, 6) is 0.0874. The number of carbonyl (C=O) groups is 2. The van der Waals surface area contributed by atoms with Crippen LogP contribution in [-0.2, 0) is 9.59 Å². The Kier molecular flexibility index (Phi) is 2.23. The number of amides is 2. The van der Waals surface area contributed by atoms with Crippen molar-refractivity contribution in [2.75, 3.05) is 6.54 Å². The van der Waals surface area contributed by atoms with Crippen LogP contribution >= 0.6 is 0 Å². The number of piperidine rings is 1.